The zero-order chi connectivity index (χ0) is 12.0. The molecule has 4 heteroatoms. The second-order valence-corrected chi connectivity index (χ2v) is 3.78. The van der Waals surface area contributed by atoms with Gasteiger partial charge in [0.25, 0.3) is 0 Å². The minimum absolute atomic E-state index is 0.0534. The van der Waals surface area contributed by atoms with Gasteiger partial charge in [0.15, 0.2) is 0 Å². The lowest BCUT2D eigenvalue weighted by atomic mass is 10.2. The van der Waals surface area contributed by atoms with Crippen LogP contribution in [0, 0.1) is 11.6 Å². The minimum Gasteiger partial charge on any atom is -0.395 e. The molecule has 1 N–H and O–H groups in total. The number of benzene rings is 1. The first-order chi connectivity index (χ1) is 7.65. The van der Waals surface area contributed by atoms with Gasteiger partial charge in [-0.25, -0.2) is 8.78 Å². The Morgan fingerprint density at radius 3 is 2.25 bits per heavy atom. The lowest BCUT2D eigenvalue weighted by Gasteiger charge is -2.20. The number of hydrogen-bond acceptors (Lipinski definition) is 2. The van der Waals surface area contributed by atoms with Crippen molar-refractivity contribution in [2.75, 3.05) is 19.7 Å². The van der Waals surface area contributed by atoms with Crippen LogP contribution in [0.1, 0.15) is 18.9 Å². The maximum Gasteiger partial charge on any atom is 0.126 e. The normalized spacial score (nSPS) is 11.1. The molecule has 90 valence electrons. The summed E-state index contributed by atoms with van der Waals surface area (Å²) in [4.78, 5) is 1.97. The second-order valence-electron chi connectivity index (χ2n) is 3.78. The fraction of sp³-hybridized carbons (Fsp3) is 0.500. The highest BCUT2D eigenvalue weighted by Gasteiger charge is 2.06. The van der Waals surface area contributed by atoms with Crippen LogP contribution in [0.25, 0.3) is 0 Å². The molecule has 1 aromatic rings. The Hall–Kier alpha value is -1.00. The highest BCUT2D eigenvalue weighted by atomic mass is 19.1. The second kappa shape index (κ2) is 6.55. The Kier molecular flexibility index (Phi) is 5.35. The molecule has 0 saturated heterocycles. The van der Waals surface area contributed by atoms with E-state index in [0.29, 0.717) is 18.7 Å². The van der Waals surface area contributed by atoms with E-state index in [4.69, 9.17) is 5.11 Å². The van der Waals surface area contributed by atoms with E-state index >= 15 is 0 Å². The summed E-state index contributed by atoms with van der Waals surface area (Å²) in [7, 11) is 0. The van der Waals surface area contributed by atoms with Gasteiger partial charge in [0.2, 0.25) is 0 Å². The molecule has 0 aromatic heterocycles. The summed E-state index contributed by atoms with van der Waals surface area (Å²) < 4.78 is 25.9. The molecule has 0 radical (unpaired) electrons. The molecular weight excluding hydrogens is 212 g/mol. The first-order valence-corrected chi connectivity index (χ1v) is 5.44. The van der Waals surface area contributed by atoms with Crippen LogP contribution < -0.4 is 0 Å². The number of halogens is 2. The lowest BCUT2D eigenvalue weighted by Crippen LogP contribution is -2.27. The molecule has 0 fully saturated rings. The van der Waals surface area contributed by atoms with E-state index in [-0.39, 0.29) is 6.61 Å². The van der Waals surface area contributed by atoms with Gasteiger partial charge in [-0.2, -0.15) is 0 Å². The Balaban J connectivity index is 2.68. The third kappa shape index (κ3) is 4.24. The van der Waals surface area contributed by atoms with Crippen LogP contribution in [0.4, 0.5) is 8.78 Å². The van der Waals surface area contributed by atoms with Gasteiger partial charge in [0.1, 0.15) is 11.6 Å². The molecule has 0 spiro atoms. The predicted octanol–water partition coefficient (Wildman–Crippen LogP) is 2.17. The Morgan fingerprint density at radius 1 is 1.12 bits per heavy atom. The molecule has 0 heterocycles. The lowest BCUT2D eigenvalue weighted by molar-refractivity contribution is 0.190. The van der Waals surface area contributed by atoms with Gasteiger partial charge in [0.05, 0.1) is 6.61 Å². The molecule has 0 amide bonds. The number of hydrogen-bond donors (Lipinski definition) is 1. The van der Waals surface area contributed by atoms with Crippen LogP contribution in [0.3, 0.4) is 0 Å². The van der Waals surface area contributed by atoms with E-state index in [1.54, 1.807) is 0 Å². The maximum atomic E-state index is 12.9. The Morgan fingerprint density at radius 2 is 1.75 bits per heavy atom. The SMILES string of the molecule is CCCN(CCO)Cc1cc(F)cc(F)c1. The van der Waals surface area contributed by atoms with Crippen molar-refractivity contribution in [3.8, 4) is 0 Å². The molecule has 0 unspecified atom stereocenters. The van der Waals surface area contributed by atoms with Gasteiger partial charge in [-0.05, 0) is 30.7 Å². The average molecular weight is 229 g/mol. The van der Waals surface area contributed by atoms with Crippen molar-refractivity contribution >= 4 is 0 Å². The fourth-order valence-corrected chi connectivity index (χ4v) is 1.69. The van der Waals surface area contributed by atoms with Crippen molar-refractivity contribution in [3.63, 3.8) is 0 Å². The third-order valence-electron chi connectivity index (χ3n) is 2.28. The van der Waals surface area contributed by atoms with Crippen LogP contribution in [-0.4, -0.2) is 29.7 Å². The summed E-state index contributed by atoms with van der Waals surface area (Å²) in [5, 5.41) is 8.86. The van der Waals surface area contributed by atoms with E-state index in [9.17, 15) is 8.78 Å². The summed E-state index contributed by atoms with van der Waals surface area (Å²) in [5.74, 6) is -1.12. The number of aliphatic hydroxyl groups is 1. The maximum absolute atomic E-state index is 12.9. The van der Waals surface area contributed by atoms with Gasteiger partial charge in [0, 0.05) is 19.2 Å². The van der Waals surface area contributed by atoms with Gasteiger partial charge < -0.3 is 5.11 Å². The van der Waals surface area contributed by atoms with E-state index < -0.39 is 11.6 Å². The highest BCUT2D eigenvalue weighted by molar-refractivity contribution is 5.17. The van der Waals surface area contributed by atoms with Crippen LogP contribution in [-0.2, 0) is 6.54 Å². The predicted molar refractivity (Wildman–Crippen MR) is 59.0 cm³/mol. The average Bonchev–Trinajstić information content (AvgIpc) is 2.16. The van der Waals surface area contributed by atoms with Crippen LogP contribution in [0.15, 0.2) is 18.2 Å². The smallest absolute Gasteiger partial charge is 0.126 e. The zero-order valence-corrected chi connectivity index (χ0v) is 9.42. The number of aliphatic hydroxyl groups excluding tert-OH is 1. The summed E-state index contributed by atoms with van der Waals surface area (Å²) in [6.45, 7) is 3.86. The van der Waals surface area contributed by atoms with E-state index in [0.717, 1.165) is 19.0 Å². The quantitative estimate of drug-likeness (QED) is 0.808. The summed E-state index contributed by atoms with van der Waals surface area (Å²) in [6.07, 6.45) is 0.942. The first-order valence-electron chi connectivity index (χ1n) is 5.44. The van der Waals surface area contributed by atoms with Crippen LogP contribution in [0.5, 0.6) is 0 Å². The molecule has 0 aliphatic carbocycles. The fourth-order valence-electron chi connectivity index (χ4n) is 1.69. The third-order valence-corrected chi connectivity index (χ3v) is 2.28. The van der Waals surface area contributed by atoms with Crippen LogP contribution in [0.2, 0.25) is 0 Å². The molecule has 2 nitrogen and oxygen atoms in total. The summed E-state index contributed by atoms with van der Waals surface area (Å²) in [5.41, 5.74) is 0.597. The van der Waals surface area contributed by atoms with Crippen molar-refractivity contribution in [2.45, 2.75) is 19.9 Å². The standard InChI is InChI=1S/C12H17F2NO/c1-2-3-15(4-5-16)9-10-6-11(13)8-12(14)7-10/h6-8,16H,2-5,9H2,1H3. The summed E-state index contributed by atoms with van der Waals surface area (Å²) >= 11 is 0. The van der Waals surface area contributed by atoms with Gasteiger partial charge in [-0.3, -0.25) is 4.90 Å². The van der Waals surface area contributed by atoms with E-state index in [2.05, 4.69) is 0 Å². The zero-order valence-electron chi connectivity index (χ0n) is 9.42. The van der Waals surface area contributed by atoms with Crippen molar-refractivity contribution in [3.05, 3.63) is 35.4 Å². The molecule has 0 aliphatic rings. The summed E-state index contributed by atoms with van der Waals surface area (Å²) in [6, 6.07) is 3.51. The van der Waals surface area contributed by atoms with E-state index in [1.165, 1.54) is 12.1 Å². The monoisotopic (exact) mass is 229 g/mol. The largest absolute Gasteiger partial charge is 0.395 e. The first kappa shape index (κ1) is 13.1. The Labute approximate surface area is 94.5 Å². The van der Waals surface area contributed by atoms with Crippen molar-refractivity contribution in [1.82, 2.24) is 4.90 Å². The van der Waals surface area contributed by atoms with Crippen molar-refractivity contribution in [2.24, 2.45) is 0 Å². The van der Waals surface area contributed by atoms with Gasteiger partial charge in [-0.1, -0.05) is 6.92 Å². The number of rotatable bonds is 6. The molecule has 16 heavy (non-hydrogen) atoms. The highest BCUT2D eigenvalue weighted by Crippen LogP contribution is 2.10. The Bertz CT molecular complexity index is 305. The molecule has 0 saturated carbocycles. The molecule has 0 atom stereocenters. The molecule has 1 rings (SSSR count). The topological polar surface area (TPSA) is 23.5 Å². The molecule has 1 aromatic carbocycles. The van der Waals surface area contributed by atoms with Crippen molar-refractivity contribution in [1.29, 1.82) is 0 Å². The van der Waals surface area contributed by atoms with Crippen molar-refractivity contribution < 1.29 is 13.9 Å². The van der Waals surface area contributed by atoms with Crippen LogP contribution >= 0.6 is 0 Å². The van der Waals surface area contributed by atoms with Gasteiger partial charge in [-0.15, -0.1) is 0 Å². The van der Waals surface area contributed by atoms with E-state index in [1.807, 2.05) is 11.8 Å². The molecule has 0 bridgehead atoms. The van der Waals surface area contributed by atoms with Gasteiger partial charge >= 0.3 is 0 Å². The minimum atomic E-state index is -0.560. The molecular formula is C12H17F2NO. The number of nitrogens with zero attached hydrogens (tertiary/aromatic N) is 1. The molecule has 0 aliphatic heterocycles.